The number of hydrogen-bond acceptors (Lipinski definition) is 12. The molecule has 0 radical (unpaired) electrons. The molecule has 310 valence electrons. The van der Waals surface area contributed by atoms with E-state index in [1.165, 1.54) is 0 Å². The van der Waals surface area contributed by atoms with Gasteiger partial charge in [-0.2, -0.15) is 0 Å². The lowest BCUT2D eigenvalue weighted by atomic mass is 10.0. The number of rotatable bonds is 22. The molecule has 56 heavy (non-hydrogen) atoms. The average molecular weight is 788 g/mol. The van der Waals surface area contributed by atoms with Crippen LogP contribution in [-0.4, -0.2) is 133 Å². The predicted molar refractivity (Wildman–Crippen MR) is 208 cm³/mol. The molecule has 0 aliphatic heterocycles. The number of unbranched alkanes of at least 4 members (excludes halogenated alkanes) is 1. The van der Waals surface area contributed by atoms with Gasteiger partial charge in [0.2, 0.25) is 23.6 Å². The van der Waals surface area contributed by atoms with Crippen molar-refractivity contribution >= 4 is 57.0 Å². The lowest BCUT2D eigenvalue weighted by molar-refractivity contribution is -0.151. The van der Waals surface area contributed by atoms with Gasteiger partial charge in [0.15, 0.2) is 6.10 Å². The number of carbonyl (C=O) groups excluding carboxylic acids is 5. The Hall–Kier alpha value is -4.69. The number of para-hydroxylation sites is 1. The highest BCUT2D eigenvalue weighted by Crippen LogP contribution is 2.31. The molecular weight excluding hydrogens is 730 g/mol. The second kappa shape index (κ2) is 21.6. The standard InChI is InChI=1S/C38H57N7O11/c1-5-45-27-12-7-6-10-23(27)24-17-22(13-14-28(24)45)41-36(54)25(11-8-9-15-39)42-30(49)18-40-35(53)26(16-20(2)3)43-37(55)31(21(4)47)44-38(56)34(52)33(51)32(50)29(48)19-46/h6-7,10,12-14,17,20-21,25-26,29,31-34,46-48,50-52H,5,8-9,11,15-16,18-19,39H2,1-4H3,(H,40,53)(H,41,54)(H,42,49)(H,43,55)(H,44,56)/t21-,25+,26+,29?,31+,32?,33?,34?/m1/s1. The number of fused-ring (bicyclic) bond motifs is 3. The normalized spacial score (nSPS) is 15.9. The Labute approximate surface area is 324 Å². The first kappa shape index (κ1) is 45.7. The molecule has 0 saturated carbocycles. The van der Waals surface area contributed by atoms with Gasteiger partial charge in [-0.25, -0.2) is 0 Å². The third-order valence-corrected chi connectivity index (χ3v) is 9.30. The third kappa shape index (κ3) is 12.2. The van der Waals surface area contributed by atoms with Gasteiger partial charge >= 0.3 is 0 Å². The number of hydrogen-bond donors (Lipinski definition) is 12. The molecule has 1 heterocycles. The minimum Gasteiger partial charge on any atom is -0.394 e. The zero-order valence-corrected chi connectivity index (χ0v) is 32.1. The van der Waals surface area contributed by atoms with E-state index < -0.39 is 91.3 Å². The Kier molecular flexibility index (Phi) is 17.6. The number of carbonyl (C=O) groups is 5. The molecule has 3 aromatic rings. The molecule has 2 aromatic carbocycles. The smallest absolute Gasteiger partial charge is 0.252 e. The van der Waals surface area contributed by atoms with Gasteiger partial charge in [0.05, 0.1) is 19.3 Å². The molecule has 18 heteroatoms. The van der Waals surface area contributed by atoms with Gasteiger partial charge in [0.25, 0.3) is 5.91 Å². The van der Waals surface area contributed by atoms with Crippen molar-refractivity contribution in [2.75, 3.05) is 25.0 Å². The van der Waals surface area contributed by atoms with Gasteiger partial charge in [0, 0.05) is 34.0 Å². The van der Waals surface area contributed by atoms with Crippen LogP contribution >= 0.6 is 0 Å². The first-order valence-corrected chi connectivity index (χ1v) is 18.7. The minimum absolute atomic E-state index is 0.0671. The van der Waals surface area contributed by atoms with Crippen molar-refractivity contribution in [1.82, 2.24) is 25.8 Å². The number of nitrogens with two attached hydrogens (primary N) is 1. The fourth-order valence-corrected chi connectivity index (χ4v) is 6.28. The summed E-state index contributed by atoms with van der Waals surface area (Å²) in [6.07, 6.45) is -8.76. The average Bonchev–Trinajstić information content (AvgIpc) is 3.49. The first-order valence-electron chi connectivity index (χ1n) is 18.7. The summed E-state index contributed by atoms with van der Waals surface area (Å²) in [5.74, 6) is -4.54. The van der Waals surface area contributed by atoms with Gasteiger partial charge in [-0.3, -0.25) is 24.0 Å². The zero-order valence-electron chi connectivity index (χ0n) is 32.1. The molecular formula is C38H57N7O11. The highest BCUT2D eigenvalue weighted by Gasteiger charge is 2.37. The van der Waals surface area contributed by atoms with Crippen molar-refractivity contribution in [2.45, 2.75) is 109 Å². The molecule has 0 aliphatic rings. The highest BCUT2D eigenvalue weighted by atomic mass is 16.4. The molecule has 0 fully saturated rings. The minimum atomic E-state index is -2.38. The number of amides is 5. The van der Waals surface area contributed by atoms with Crippen LogP contribution in [0, 0.1) is 5.92 Å². The fraction of sp³-hybridized carbons (Fsp3) is 0.553. The van der Waals surface area contributed by atoms with Crippen LogP contribution in [0.1, 0.15) is 53.4 Å². The van der Waals surface area contributed by atoms with Gasteiger partial charge in [-0.1, -0.05) is 32.0 Å². The van der Waals surface area contributed by atoms with Crippen molar-refractivity contribution in [2.24, 2.45) is 11.7 Å². The van der Waals surface area contributed by atoms with Crippen LogP contribution in [0.25, 0.3) is 21.8 Å². The van der Waals surface area contributed by atoms with Crippen LogP contribution in [0.4, 0.5) is 5.69 Å². The van der Waals surface area contributed by atoms with E-state index in [9.17, 15) is 49.5 Å². The number of nitrogens with one attached hydrogen (secondary N) is 5. The van der Waals surface area contributed by atoms with E-state index in [0.717, 1.165) is 35.3 Å². The van der Waals surface area contributed by atoms with Gasteiger partial charge in [-0.05, 0) is 76.3 Å². The molecule has 1 aromatic heterocycles. The Morgan fingerprint density at radius 3 is 2.07 bits per heavy atom. The van der Waals surface area contributed by atoms with Crippen LogP contribution in [-0.2, 0) is 30.5 Å². The lowest BCUT2D eigenvalue weighted by Gasteiger charge is -2.28. The maximum Gasteiger partial charge on any atom is 0.252 e. The molecule has 18 nitrogen and oxygen atoms in total. The van der Waals surface area contributed by atoms with E-state index >= 15 is 0 Å². The summed E-state index contributed by atoms with van der Waals surface area (Å²) < 4.78 is 2.18. The molecule has 0 saturated heterocycles. The summed E-state index contributed by atoms with van der Waals surface area (Å²) in [5.41, 5.74) is 8.29. The fourth-order valence-electron chi connectivity index (χ4n) is 6.28. The van der Waals surface area contributed by atoms with Gasteiger partial charge in [0.1, 0.15) is 36.4 Å². The number of nitrogens with zero attached hydrogens (tertiary/aromatic N) is 1. The summed E-state index contributed by atoms with van der Waals surface area (Å²) in [6, 6.07) is 9.59. The largest absolute Gasteiger partial charge is 0.394 e. The van der Waals surface area contributed by atoms with Crippen molar-refractivity contribution in [1.29, 1.82) is 0 Å². The van der Waals surface area contributed by atoms with Gasteiger partial charge in [-0.15, -0.1) is 0 Å². The molecule has 3 rings (SSSR count). The molecule has 5 amide bonds. The van der Waals surface area contributed by atoms with E-state index in [1.807, 2.05) is 41.7 Å². The van der Waals surface area contributed by atoms with E-state index in [4.69, 9.17) is 10.8 Å². The third-order valence-electron chi connectivity index (χ3n) is 9.30. The Morgan fingerprint density at radius 1 is 0.768 bits per heavy atom. The summed E-state index contributed by atoms with van der Waals surface area (Å²) in [5, 5.41) is 73.3. The lowest BCUT2D eigenvalue weighted by Crippen LogP contribution is -2.60. The number of anilines is 1. The maximum absolute atomic E-state index is 13.5. The van der Waals surface area contributed by atoms with Crippen LogP contribution in [0.5, 0.6) is 0 Å². The predicted octanol–water partition coefficient (Wildman–Crippen LogP) is -1.68. The van der Waals surface area contributed by atoms with E-state index in [0.29, 0.717) is 25.1 Å². The van der Waals surface area contributed by atoms with Crippen LogP contribution in [0.3, 0.4) is 0 Å². The molecule has 13 N–H and O–H groups in total. The quantitative estimate of drug-likeness (QED) is 0.0509. The van der Waals surface area contributed by atoms with E-state index in [1.54, 1.807) is 19.9 Å². The van der Waals surface area contributed by atoms with Gasteiger partial charge < -0.3 is 67.5 Å². The number of benzene rings is 2. The summed E-state index contributed by atoms with van der Waals surface area (Å²) in [6.45, 7) is 6.33. The number of aryl methyl sites for hydroxylation is 1. The van der Waals surface area contributed by atoms with Crippen LogP contribution < -0.4 is 32.3 Å². The first-order chi connectivity index (χ1) is 26.5. The SMILES string of the molecule is CCn1c2ccccc2c2cc(NC(=O)[C@H](CCCCN)NC(=O)CNC(=O)[C@H](CC(C)C)NC(=O)[C@@H](NC(=O)C(O)C(O)C(O)C(O)CO)[C@@H](C)O)ccc21. The Balaban J connectivity index is 1.67. The van der Waals surface area contributed by atoms with Crippen LogP contribution in [0.2, 0.25) is 0 Å². The highest BCUT2D eigenvalue weighted by molar-refractivity contribution is 6.10. The van der Waals surface area contributed by atoms with Crippen molar-refractivity contribution in [3.63, 3.8) is 0 Å². The summed E-state index contributed by atoms with van der Waals surface area (Å²) >= 11 is 0. The molecule has 0 bridgehead atoms. The Bertz CT molecular complexity index is 1800. The van der Waals surface area contributed by atoms with E-state index in [2.05, 4.69) is 32.8 Å². The van der Waals surface area contributed by atoms with Crippen molar-refractivity contribution in [3.8, 4) is 0 Å². The zero-order chi connectivity index (χ0) is 41.7. The number of aromatic nitrogens is 1. The second-order valence-corrected chi connectivity index (χ2v) is 14.2. The Morgan fingerprint density at radius 2 is 1.45 bits per heavy atom. The summed E-state index contributed by atoms with van der Waals surface area (Å²) in [7, 11) is 0. The van der Waals surface area contributed by atoms with E-state index in [-0.39, 0.29) is 18.8 Å². The maximum atomic E-state index is 13.5. The molecule has 8 atom stereocenters. The topological polar surface area (TPSA) is 298 Å². The molecule has 0 spiro atoms. The second-order valence-electron chi connectivity index (χ2n) is 14.2. The van der Waals surface area contributed by atoms with Crippen molar-refractivity contribution < 1.29 is 54.6 Å². The number of aliphatic hydroxyl groups is 6. The van der Waals surface area contributed by atoms with Crippen LogP contribution in [0.15, 0.2) is 42.5 Å². The monoisotopic (exact) mass is 787 g/mol. The van der Waals surface area contributed by atoms with Crippen molar-refractivity contribution in [3.05, 3.63) is 42.5 Å². The number of aliphatic hydroxyl groups excluding tert-OH is 6. The molecule has 4 unspecified atom stereocenters. The summed E-state index contributed by atoms with van der Waals surface area (Å²) in [4.78, 5) is 65.8. The molecule has 0 aliphatic carbocycles.